The van der Waals surface area contributed by atoms with Gasteiger partial charge in [0.15, 0.2) is 0 Å². The Hall–Kier alpha value is -0.450. The molecule has 4 nitrogen and oxygen atoms in total. The van der Waals surface area contributed by atoms with E-state index in [4.69, 9.17) is 10.2 Å². The standard InChI is InChI=1S/C7H14N2O2.ClH/c1-8-2-3-9(6-8)4-7(11)5-10;/h2-3,7,10-11H,4-6H2,1H3;1H. The van der Waals surface area contributed by atoms with E-state index < -0.39 is 6.10 Å². The summed E-state index contributed by atoms with van der Waals surface area (Å²) in [4.78, 5) is 3.95. The minimum Gasteiger partial charge on any atom is -0.394 e. The van der Waals surface area contributed by atoms with Crippen molar-refractivity contribution in [2.24, 2.45) is 0 Å². The third kappa shape index (κ3) is 3.30. The summed E-state index contributed by atoms with van der Waals surface area (Å²) in [7, 11) is 1.96. The molecule has 0 saturated heterocycles. The van der Waals surface area contributed by atoms with Crippen molar-refractivity contribution in [3.8, 4) is 0 Å². The van der Waals surface area contributed by atoms with Gasteiger partial charge < -0.3 is 20.0 Å². The number of halogens is 1. The molecule has 72 valence electrons. The SMILES string of the molecule is CN1C=CN(CC(O)CO)C1.Cl. The van der Waals surface area contributed by atoms with Crippen LogP contribution in [0.5, 0.6) is 0 Å². The molecule has 0 aromatic rings. The van der Waals surface area contributed by atoms with Gasteiger partial charge in [-0.15, -0.1) is 12.4 Å². The minimum atomic E-state index is -0.633. The zero-order valence-electron chi connectivity index (χ0n) is 7.05. The van der Waals surface area contributed by atoms with Crippen molar-refractivity contribution in [1.82, 2.24) is 9.80 Å². The Morgan fingerprint density at radius 2 is 2.17 bits per heavy atom. The molecule has 0 saturated carbocycles. The van der Waals surface area contributed by atoms with E-state index in [2.05, 4.69) is 0 Å². The van der Waals surface area contributed by atoms with Gasteiger partial charge >= 0.3 is 0 Å². The monoisotopic (exact) mass is 194 g/mol. The molecule has 2 N–H and O–H groups in total. The van der Waals surface area contributed by atoms with Gasteiger partial charge in [0.25, 0.3) is 0 Å². The summed E-state index contributed by atoms with van der Waals surface area (Å²) >= 11 is 0. The molecule has 1 atom stereocenters. The minimum absolute atomic E-state index is 0. The van der Waals surface area contributed by atoms with Gasteiger partial charge in [0.1, 0.15) is 0 Å². The molecule has 0 amide bonds. The van der Waals surface area contributed by atoms with Crippen LogP contribution in [-0.4, -0.2) is 53.0 Å². The van der Waals surface area contributed by atoms with Crippen molar-refractivity contribution in [1.29, 1.82) is 0 Å². The Balaban J connectivity index is 0.00000121. The molecule has 1 unspecified atom stereocenters. The van der Waals surface area contributed by atoms with Crippen LogP contribution in [0.3, 0.4) is 0 Å². The second kappa shape index (κ2) is 5.24. The van der Waals surface area contributed by atoms with E-state index in [9.17, 15) is 0 Å². The van der Waals surface area contributed by atoms with Crippen LogP contribution in [0.15, 0.2) is 12.4 Å². The molecule has 5 heteroatoms. The highest BCUT2D eigenvalue weighted by Gasteiger charge is 2.11. The highest BCUT2D eigenvalue weighted by molar-refractivity contribution is 5.85. The number of nitrogens with zero attached hydrogens (tertiary/aromatic N) is 2. The summed E-state index contributed by atoms with van der Waals surface area (Å²) in [6.07, 6.45) is 3.20. The van der Waals surface area contributed by atoms with Crippen LogP contribution in [0.4, 0.5) is 0 Å². The molecule has 1 rings (SSSR count). The molecule has 0 spiro atoms. The zero-order chi connectivity index (χ0) is 8.27. The summed E-state index contributed by atoms with van der Waals surface area (Å²) in [5.41, 5.74) is 0. The average molecular weight is 195 g/mol. The van der Waals surface area contributed by atoms with Gasteiger partial charge in [-0.05, 0) is 0 Å². The fourth-order valence-electron chi connectivity index (χ4n) is 1.04. The molecule has 0 radical (unpaired) electrons. The molecule has 1 aliphatic rings. The van der Waals surface area contributed by atoms with Crippen molar-refractivity contribution >= 4 is 12.4 Å². The fourth-order valence-corrected chi connectivity index (χ4v) is 1.04. The number of hydrogen-bond acceptors (Lipinski definition) is 4. The molecule has 1 aliphatic heterocycles. The molecule has 0 aromatic heterocycles. The van der Waals surface area contributed by atoms with Crippen LogP contribution in [0.25, 0.3) is 0 Å². The predicted molar refractivity (Wildman–Crippen MR) is 48.8 cm³/mol. The van der Waals surface area contributed by atoms with Gasteiger partial charge in [0.05, 0.1) is 19.4 Å². The first-order chi connectivity index (χ1) is 5.22. The summed E-state index contributed by atoms with van der Waals surface area (Å²) in [6, 6.07) is 0. The lowest BCUT2D eigenvalue weighted by Gasteiger charge is -2.20. The normalized spacial score (nSPS) is 17.9. The van der Waals surface area contributed by atoms with Crippen molar-refractivity contribution in [2.45, 2.75) is 6.10 Å². The first-order valence-corrected chi connectivity index (χ1v) is 3.64. The van der Waals surface area contributed by atoms with E-state index in [-0.39, 0.29) is 19.0 Å². The zero-order valence-corrected chi connectivity index (χ0v) is 7.87. The summed E-state index contributed by atoms with van der Waals surface area (Å²) < 4.78 is 0. The van der Waals surface area contributed by atoms with Crippen LogP contribution < -0.4 is 0 Å². The van der Waals surface area contributed by atoms with Gasteiger partial charge in [0.2, 0.25) is 0 Å². The average Bonchev–Trinajstić information content (AvgIpc) is 2.35. The van der Waals surface area contributed by atoms with Crippen LogP contribution >= 0.6 is 12.4 Å². The Morgan fingerprint density at radius 3 is 2.58 bits per heavy atom. The second-order valence-corrected chi connectivity index (χ2v) is 2.80. The summed E-state index contributed by atoms with van der Waals surface area (Å²) in [5.74, 6) is 0. The van der Waals surface area contributed by atoms with Gasteiger partial charge in [-0.1, -0.05) is 0 Å². The first kappa shape index (κ1) is 11.6. The van der Waals surface area contributed by atoms with Crippen LogP contribution in [-0.2, 0) is 0 Å². The third-order valence-electron chi connectivity index (χ3n) is 1.59. The molecule has 1 heterocycles. The topological polar surface area (TPSA) is 46.9 Å². The van der Waals surface area contributed by atoms with Crippen molar-refractivity contribution in [2.75, 3.05) is 26.9 Å². The molecular weight excluding hydrogens is 180 g/mol. The molecule has 0 aliphatic carbocycles. The predicted octanol–water partition coefficient (Wildman–Crippen LogP) is -0.563. The summed E-state index contributed by atoms with van der Waals surface area (Å²) in [6.45, 7) is 1.11. The number of aliphatic hydroxyl groups excluding tert-OH is 2. The van der Waals surface area contributed by atoms with Crippen molar-refractivity contribution in [3.05, 3.63) is 12.4 Å². The van der Waals surface area contributed by atoms with E-state index >= 15 is 0 Å². The molecule has 0 fully saturated rings. The Kier molecular flexibility index (Phi) is 5.04. The Labute approximate surface area is 78.5 Å². The van der Waals surface area contributed by atoms with Crippen molar-refractivity contribution in [3.63, 3.8) is 0 Å². The lowest BCUT2D eigenvalue weighted by atomic mass is 10.3. The first-order valence-electron chi connectivity index (χ1n) is 3.64. The molecule has 12 heavy (non-hydrogen) atoms. The van der Waals surface area contributed by atoms with E-state index in [0.717, 1.165) is 6.67 Å². The smallest absolute Gasteiger partial charge is 0.0945 e. The number of hydrogen-bond donors (Lipinski definition) is 2. The number of β-amino-alcohol motifs (C(OH)–C–C–N with tert-alkyl or cyclic N) is 1. The van der Waals surface area contributed by atoms with Crippen LogP contribution in [0.1, 0.15) is 0 Å². The molecular formula is C7H15ClN2O2. The highest BCUT2D eigenvalue weighted by atomic mass is 35.5. The second-order valence-electron chi connectivity index (χ2n) is 2.80. The van der Waals surface area contributed by atoms with Crippen LogP contribution in [0.2, 0.25) is 0 Å². The van der Waals surface area contributed by atoms with Crippen molar-refractivity contribution < 1.29 is 10.2 Å². The van der Waals surface area contributed by atoms with Gasteiger partial charge in [-0.3, -0.25) is 0 Å². The lowest BCUT2D eigenvalue weighted by molar-refractivity contribution is 0.0683. The maximum Gasteiger partial charge on any atom is 0.0945 e. The lowest BCUT2D eigenvalue weighted by Crippen LogP contribution is -2.32. The highest BCUT2D eigenvalue weighted by Crippen LogP contribution is 2.03. The van der Waals surface area contributed by atoms with Gasteiger partial charge in [-0.25, -0.2) is 0 Å². The maximum atomic E-state index is 9.06. The van der Waals surface area contributed by atoms with E-state index in [1.54, 1.807) is 0 Å². The third-order valence-corrected chi connectivity index (χ3v) is 1.59. The Bertz CT molecular complexity index is 154. The van der Waals surface area contributed by atoms with E-state index in [0.29, 0.717) is 6.54 Å². The maximum absolute atomic E-state index is 9.06. The number of aliphatic hydroxyl groups is 2. The Morgan fingerprint density at radius 1 is 1.50 bits per heavy atom. The quantitative estimate of drug-likeness (QED) is 0.633. The largest absolute Gasteiger partial charge is 0.394 e. The van der Waals surface area contributed by atoms with E-state index in [1.165, 1.54) is 0 Å². The van der Waals surface area contributed by atoms with Gasteiger partial charge in [0, 0.05) is 26.0 Å². The fraction of sp³-hybridized carbons (Fsp3) is 0.714. The molecule has 0 bridgehead atoms. The van der Waals surface area contributed by atoms with Gasteiger partial charge in [-0.2, -0.15) is 0 Å². The molecule has 0 aromatic carbocycles. The summed E-state index contributed by atoms with van der Waals surface area (Å²) in [5, 5.41) is 17.6. The number of rotatable bonds is 3. The van der Waals surface area contributed by atoms with E-state index in [1.807, 2.05) is 29.2 Å². The van der Waals surface area contributed by atoms with Crippen LogP contribution in [0, 0.1) is 0 Å².